The van der Waals surface area contributed by atoms with Gasteiger partial charge < -0.3 is 15.5 Å². The lowest BCUT2D eigenvalue weighted by atomic mass is 10.2. The highest BCUT2D eigenvalue weighted by Crippen LogP contribution is 2.25. The van der Waals surface area contributed by atoms with Gasteiger partial charge in [0.2, 0.25) is 5.91 Å². The molecular weight excluding hydrogens is 399 g/mol. The first-order valence-corrected chi connectivity index (χ1v) is 9.85. The molecule has 0 fully saturated rings. The van der Waals surface area contributed by atoms with Crippen LogP contribution in [-0.2, 0) is 11.3 Å². The van der Waals surface area contributed by atoms with E-state index >= 15 is 0 Å². The summed E-state index contributed by atoms with van der Waals surface area (Å²) in [7, 11) is 0. The third-order valence-electron chi connectivity index (χ3n) is 4.30. The predicted molar refractivity (Wildman–Crippen MR) is 113 cm³/mol. The Morgan fingerprint density at radius 3 is 2.46 bits per heavy atom. The molecule has 0 spiro atoms. The van der Waals surface area contributed by atoms with Crippen LogP contribution in [0.2, 0.25) is 10.0 Å². The van der Waals surface area contributed by atoms with Crippen LogP contribution in [0.25, 0.3) is 0 Å². The summed E-state index contributed by atoms with van der Waals surface area (Å²) in [5.74, 6) is 0.138. The summed E-state index contributed by atoms with van der Waals surface area (Å²) in [5.41, 5.74) is 1.10. The van der Waals surface area contributed by atoms with E-state index in [4.69, 9.17) is 23.2 Å². The van der Waals surface area contributed by atoms with Gasteiger partial charge in [-0.25, -0.2) is 4.98 Å². The van der Waals surface area contributed by atoms with Gasteiger partial charge in [0.15, 0.2) is 0 Å². The van der Waals surface area contributed by atoms with Crippen molar-refractivity contribution in [2.45, 2.75) is 33.4 Å². The number of hydrogen-bond acceptors (Lipinski definition) is 4. The molecule has 0 saturated heterocycles. The first kappa shape index (κ1) is 22.0. The molecule has 28 heavy (non-hydrogen) atoms. The number of nitrogens with one attached hydrogen (secondary N) is 2. The first-order valence-electron chi connectivity index (χ1n) is 9.09. The van der Waals surface area contributed by atoms with Crippen molar-refractivity contribution in [3.8, 4) is 0 Å². The van der Waals surface area contributed by atoms with Crippen molar-refractivity contribution in [3.05, 3.63) is 57.7 Å². The van der Waals surface area contributed by atoms with Crippen LogP contribution in [0.15, 0.2) is 36.5 Å². The Morgan fingerprint density at radius 2 is 1.86 bits per heavy atom. The van der Waals surface area contributed by atoms with Gasteiger partial charge in [0, 0.05) is 25.8 Å². The molecule has 2 amide bonds. The highest BCUT2D eigenvalue weighted by atomic mass is 35.5. The third-order valence-corrected chi connectivity index (χ3v) is 5.12. The topological polar surface area (TPSA) is 74.3 Å². The smallest absolute Gasteiger partial charge is 0.253 e. The van der Waals surface area contributed by atoms with Crippen LogP contribution in [0.5, 0.6) is 0 Å². The number of benzene rings is 1. The number of amides is 2. The maximum Gasteiger partial charge on any atom is 0.253 e. The number of aromatic nitrogens is 1. The standard InChI is InChI=1S/C20H24Cl2N4O2/c1-4-26(5-2)17-10-9-14(11-23-17)12-24-19(27)13(3)25-20(28)15-7-6-8-16(21)18(15)22/h6-11,13H,4-5,12H2,1-3H3,(H,24,27)(H,25,28). The average molecular weight is 423 g/mol. The number of carbonyl (C=O) groups is 2. The van der Waals surface area contributed by atoms with Crippen LogP contribution < -0.4 is 15.5 Å². The Balaban J connectivity index is 1.90. The molecule has 2 rings (SSSR count). The van der Waals surface area contributed by atoms with Crippen LogP contribution in [0.1, 0.15) is 36.7 Å². The zero-order valence-electron chi connectivity index (χ0n) is 16.1. The molecule has 1 atom stereocenters. The largest absolute Gasteiger partial charge is 0.357 e. The van der Waals surface area contributed by atoms with Crippen molar-refractivity contribution < 1.29 is 9.59 Å². The van der Waals surface area contributed by atoms with Crippen LogP contribution in [0.3, 0.4) is 0 Å². The molecule has 0 aliphatic heterocycles. The van der Waals surface area contributed by atoms with Crippen molar-refractivity contribution in [2.24, 2.45) is 0 Å². The minimum Gasteiger partial charge on any atom is -0.357 e. The average Bonchev–Trinajstić information content (AvgIpc) is 2.69. The summed E-state index contributed by atoms with van der Waals surface area (Å²) >= 11 is 12.0. The van der Waals surface area contributed by atoms with Crippen LogP contribution >= 0.6 is 23.2 Å². The molecule has 1 aromatic heterocycles. The monoisotopic (exact) mass is 422 g/mol. The molecule has 1 heterocycles. The lowest BCUT2D eigenvalue weighted by molar-refractivity contribution is -0.122. The number of pyridine rings is 1. The van der Waals surface area contributed by atoms with Crippen molar-refractivity contribution in [1.29, 1.82) is 0 Å². The number of nitrogens with zero attached hydrogens (tertiary/aromatic N) is 2. The second-order valence-corrected chi connectivity index (χ2v) is 7.00. The summed E-state index contributed by atoms with van der Waals surface area (Å²) in [4.78, 5) is 31.2. The zero-order chi connectivity index (χ0) is 20.7. The number of anilines is 1. The van der Waals surface area contributed by atoms with Crippen molar-refractivity contribution in [2.75, 3.05) is 18.0 Å². The van der Waals surface area contributed by atoms with E-state index in [1.54, 1.807) is 31.3 Å². The number of carbonyl (C=O) groups excluding carboxylic acids is 2. The minimum atomic E-state index is -0.731. The number of rotatable bonds is 8. The fourth-order valence-electron chi connectivity index (χ4n) is 2.62. The zero-order valence-corrected chi connectivity index (χ0v) is 17.6. The molecule has 1 aromatic carbocycles. The van der Waals surface area contributed by atoms with E-state index < -0.39 is 11.9 Å². The molecule has 0 bridgehead atoms. The van der Waals surface area contributed by atoms with Gasteiger partial charge >= 0.3 is 0 Å². The van der Waals surface area contributed by atoms with Gasteiger partial charge in [-0.3, -0.25) is 9.59 Å². The summed E-state index contributed by atoms with van der Waals surface area (Å²) in [6.07, 6.45) is 1.74. The Morgan fingerprint density at radius 1 is 1.14 bits per heavy atom. The van der Waals surface area contributed by atoms with Gasteiger partial charge in [0.05, 0.1) is 15.6 Å². The highest BCUT2D eigenvalue weighted by Gasteiger charge is 2.19. The van der Waals surface area contributed by atoms with E-state index in [1.807, 2.05) is 12.1 Å². The van der Waals surface area contributed by atoms with Crippen LogP contribution in [-0.4, -0.2) is 35.9 Å². The van der Waals surface area contributed by atoms with E-state index in [9.17, 15) is 9.59 Å². The molecule has 2 aromatic rings. The Kier molecular flexibility index (Phi) is 8.08. The Labute approximate surface area is 175 Å². The second-order valence-electron chi connectivity index (χ2n) is 6.21. The maximum absolute atomic E-state index is 12.3. The molecule has 8 heteroatoms. The van der Waals surface area contributed by atoms with Crippen molar-refractivity contribution in [1.82, 2.24) is 15.6 Å². The normalized spacial score (nSPS) is 11.6. The maximum atomic E-state index is 12.3. The number of hydrogen-bond donors (Lipinski definition) is 2. The van der Waals surface area contributed by atoms with Crippen molar-refractivity contribution >= 4 is 40.8 Å². The summed E-state index contributed by atoms with van der Waals surface area (Å²) in [5, 5.41) is 5.86. The summed E-state index contributed by atoms with van der Waals surface area (Å²) < 4.78 is 0. The van der Waals surface area contributed by atoms with Gasteiger partial charge in [-0.15, -0.1) is 0 Å². The second kappa shape index (κ2) is 10.3. The molecule has 150 valence electrons. The van der Waals surface area contributed by atoms with E-state index in [2.05, 4.69) is 34.4 Å². The lowest BCUT2D eigenvalue weighted by Gasteiger charge is -2.19. The molecular formula is C20H24Cl2N4O2. The quantitative estimate of drug-likeness (QED) is 0.680. The van der Waals surface area contributed by atoms with Gasteiger partial charge in [0.25, 0.3) is 5.91 Å². The molecule has 0 radical (unpaired) electrons. The molecule has 0 aliphatic rings. The minimum absolute atomic E-state index is 0.161. The fraction of sp³-hybridized carbons (Fsp3) is 0.350. The molecule has 1 unspecified atom stereocenters. The fourth-order valence-corrected chi connectivity index (χ4v) is 3.00. The molecule has 2 N–H and O–H groups in total. The van der Waals surface area contributed by atoms with Gasteiger partial charge in [-0.05, 0) is 44.5 Å². The van der Waals surface area contributed by atoms with Crippen LogP contribution in [0, 0.1) is 0 Å². The molecule has 0 aliphatic carbocycles. The van der Waals surface area contributed by atoms with E-state index in [0.717, 1.165) is 24.5 Å². The third kappa shape index (κ3) is 5.59. The van der Waals surface area contributed by atoms with Gasteiger partial charge in [-0.2, -0.15) is 0 Å². The Hall–Kier alpha value is -2.31. The molecule has 0 saturated carbocycles. The van der Waals surface area contributed by atoms with Gasteiger partial charge in [0.1, 0.15) is 11.9 Å². The Bertz CT molecular complexity index is 823. The first-order chi connectivity index (χ1) is 13.4. The molecule has 6 nitrogen and oxygen atoms in total. The SMILES string of the molecule is CCN(CC)c1ccc(CNC(=O)C(C)NC(=O)c2cccc(Cl)c2Cl)cn1. The highest BCUT2D eigenvalue weighted by molar-refractivity contribution is 6.43. The van der Waals surface area contributed by atoms with Gasteiger partial charge in [-0.1, -0.05) is 35.3 Å². The summed E-state index contributed by atoms with van der Waals surface area (Å²) in [6.45, 7) is 7.84. The van der Waals surface area contributed by atoms with Crippen molar-refractivity contribution in [3.63, 3.8) is 0 Å². The lowest BCUT2D eigenvalue weighted by Crippen LogP contribution is -2.44. The summed E-state index contributed by atoms with van der Waals surface area (Å²) in [6, 6.07) is 7.90. The van der Waals surface area contributed by atoms with Crippen LogP contribution in [0.4, 0.5) is 5.82 Å². The van der Waals surface area contributed by atoms with E-state index in [-0.39, 0.29) is 21.5 Å². The van der Waals surface area contributed by atoms with E-state index in [0.29, 0.717) is 6.54 Å². The number of halogens is 2. The predicted octanol–water partition coefficient (Wildman–Crippen LogP) is 3.67. The van der Waals surface area contributed by atoms with E-state index in [1.165, 1.54) is 0 Å².